The Labute approximate surface area is 90.3 Å². The third-order valence-corrected chi connectivity index (χ3v) is 3.24. The van der Waals surface area contributed by atoms with E-state index in [9.17, 15) is 5.11 Å². The van der Waals surface area contributed by atoms with E-state index in [1.807, 2.05) is 17.8 Å². The summed E-state index contributed by atoms with van der Waals surface area (Å²) in [6.45, 7) is 4.66. The van der Waals surface area contributed by atoms with Gasteiger partial charge in [-0.1, -0.05) is 25.0 Å². The molecule has 1 atom stereocenters. The van der Waals surface area contributed by atoms with Crippen molar-refractivity contribution < 1.29 is 5.11 Å². The van der Waals surface area contributed by atoms with E-state index in [4.69, 9.17) is 0 Å². The van der Waals surface area contributed by atoms with Crippen LogP contribution in [0.25, 0.3) is 0 Å². The van der Waals surface area contributed by atoms with Gasteiger partial charge in [-0.3, -0.25) is 4.68 Å². The minimum atomic E-state index is -0.835. The molecule has 0 spiro atoms. The van der Waals surface area contributed by atoms with Crippen LogP contribution in [0.4, 0.5) is 0 Å². The van der Waals surface area contributed by atoms with Crippen molar-refractivity contribution in [1.82, 2.24) is 15.0 Å². The highest BCUT2D eigenvalue weighted by atomic mass is 16.3. The summed E-state index contributed by atoms with van der Waals surface area (Å²) < 4.78 is 1.85. The zero-order chi connectivity index (χ0) is 10.9. The van der Waals surface area contributed by atoms with Gasteiger partial charge in [-0.25, -0.2) is 0 Å². The molecule has 1 fully saturated rings. The number of aliphatic hydroxyl groups is 1. The number of aryl methyl sites for hydroxylation is 1. The average Bonchev–Trinajstić information content (AvgIpc) is 2.92. The van der Waals surface area contributed by atoms with Gasteiger partial charge in [0.25, 0.3) is 0 Å². The second-order valence-electron chi connectivity index (χ2n) is 4.73. The molecule has 84 valence electrons. The highest BCUT2D eigenvalue weighted by molar-refractivity contribution is 5.04. The fraction of sp³-hybridized carbons (Fsp3) is 0.818. The lowest BCUT2D eigenvalue weighted by Gasteiger charge is -2.16. The highest BCUT2D eigenvalue weighted by Gasteiger charge is 2.25. The van der Waals surface area contributed by atoms with Crippen LogP contribution in [0, 0.1) is 5.92 Å². The molecule has 1 aliphatic carbocycles. The number of hydrogen-bond donors (Lipinski definition) is 1. The van der Waals surface area contributed by atoms with Gasteiger partial charge in [-0.05, 0) is 25.7 Å². The molecule has 0 radical (unpaired) electrons. The van der Waals surface area contributed by atoms with Crippen LogP contribution in [-0.2, 0) is 12.1 Å². The quantitative estimate of drug-likeness (QED) is 0.803. The summed E-state index contributed by atoms with van der Waals surface area (Å²) >= 11 is 0. The van der Waals surface area contributed by atoms with Crippen LogP contribution in [0.5, 0.6) is 0 Å². The van der Waals surface area contributed by atoms with Gasteiger partial charge in [-0.15, -0.1) is 5.10 Å². The van der Waals surface area contributed by atoms with Crippen LogP contribution < -0.4 is 0 Å². The molecule has 15 heavy (non-hydrogen) atoms. The van der Waals surface area contributed by atoms with E-state index >= 15 is 0 Å². The van der Waals surface area contributed by atoms with Crippen LogP contribution in [0.3, 0.4) is 0 Å². The Balaban J connectivity index is 1.96. The van der Waals surface area contributed by atoms with Crippen molar-refractivity contribution >= 4 is 0 Å². The summed E-state index contributed by atoms with van der Waals surface area (Å²) in [7, 11) is 0. The zero-order valence-corrected chi connectivity index (χ0v) is 9.48. The Morgan fingerprint density at radius 2 is 2.33 bits per heavy atom. The van der Waals surface area contributed by atoms with E-state index in [1.165, 1.54) is 19.3 Å². The molecular weight excluding hydrogens is 190 g/mol. The predicted octanol–water partition coefficient (Wildman–Crippen LogP) is 1.70. The molecule has 0 bridgehead atoms. The normalized spacial score (nSPS) is 20.2. The van der Waals surface area contributed by atoms with Crippen molar-refractivity contribution in [3.63, 3.8) is 0 Å². The number of hydrogen-bond acceptors (Lipinski definition) is 3. The summed E-state index contributed by atoms with van der Waals surface area (Å²) in [5.74, 6) is 0.907. The smallest absolute Gasteiger partial charge is 0.114 e. The molecule has 0 aromatic carbocycles. The molecule has 0 saturated heterocycles. The number of nitrogens with zero attached hydrogens (tertiary/aromatic N) is 3. The maximum Gasteiger partial charge on any atom is 0.114 e. The van der Waals surface area contributed by atoms with Crippen LogP contribution >= 0.6 is 0 Å². The Morgan fingerprint density at radius 1 is 1.60 bits per heavy atom. The van der Waals surface area contributed by atoms with E-state index in [0.717, 1.165) is 12.5 Å². The van der Waals surface area contributed by atoms with Gasteiger partial charge in [0.15, 0.2) is 0 Å². The van der Waals surface area contributed by atoms with Crippen molar-refractivity contribution in [3.8, 4) is 0 Å². The summed E-state index contributed by atoms with van der Waals surface area (Å²) in [6.07, 6.45) is 6.46. The second kappa shape index (κ2) is 3.93. The molecule has 1 saturated carbocycles. The van der Waals surface area contributed by atoms with Crippen LogP contribution in [0.2, 0.25) is 0 Å². The van der Waals surface area contributed by atoms with Gasteiger partial charge in [0.05, 0.1) is 6.20 Å². The fourth-order valence-electron chi connectivity index (χ4n) is 1.56. The Kier molecular flexibility index (Phi) is 2.78. The van der Waals surface area contributed by atoms with Crippen LogP contribution in [0.15, 0.2) is 6.20 Å². The minimum Gasteiger partial charge on any atom is -0.384 e. The summed E-state index contributed by atoms with van der Waals surface area (Å²) in [6, 6.07) is 0. The molecule has 1 aromatic heterocycles. The zero-order valence-electron chi connectivity index (χ0n) is 9.48. The molecule has 2 rings (SSSR count). The molecule has 1 unspecified atom stereocenters. The Hall–Kier alpha value is -0.900. The molecule has 1 heterocycles. The lowest BCUT2D eigenvalue weighted by molar-refractivity contribution is 0.0484. The molecule has 4 heteroatoms. The van der Waals surface area contributed by atoms with E-state index in [-0.39, 0.29) is 0 Å². The summed E-state index contributed by atoms with van der Waals surface area (Å²) in [4.78, 5) is 0. The highest BCUT2D eigenvalue weighted by Crippen LogP contribution is 2.32. The SMILES string of the molecule is CCC(C)(O)c1cn(CCC2CC2)nn1. The number of rotatable bonds is 5. The molecule has 1 aromatic rings. The maximum absolute atomic E-state index is 9.98. The first-order valence-electron chi connectivity index (χ1n) is 5.75. The molecule has 0 amide bonds. The van der Waals surface area contributed by atoms with E-state index in [1.54, 1.807) is 6.92 Å². The van der Waals surface area contributed by atoms with Crippen molar-refractivity contribution in [2.24, 2.45) is 5.92 Å². The van der Waals surface area contributed by atoms with Gasteiger partial charge in [-0.2, -0.15) is 0 Å². The summed E-state index contributed by atoms with van der Waals surface area (Å²) in [5, 5.41) is 18.0. The van der Waals surface area contributed by atoms with Gasteiger partial charge in [0.2, 0.25) is 0 Å². The standard InChI is InChI=1S/C11H19N3O/c1-3-11(2,15)10-8-14(13-12-10)7-6-9-4-5-9/h8-9,15H,3-7H2,1-2H3. The van der Waals surface area contributed by atoms with Gasteiger partial charge in [0, 0.05) is 6.54 Å². The largest absolute Gasteiger partial charge is 0.384 e. The second-order valence-corrected chi connectivity index (χ2v) is 4.73. The minimum absolute atomic E-state index is 0.661. The first-order valence-corrected chi connectivity index (χ1v) is 5.75. The Morgan fingerprint density at radius 3 is 2.93 bits per heavy atom. The monoisotopic (exact) mass is 209 g/mol. The predicted molar refractivity (Wildman–Crippen MR) is 57.2 cm³/mol. The van der Waals surface area contributed by atoms with E-state index < -0.39 is 5.60 Å². The van der Waals surface area contributed by atoms with E-state index in [0.29, 0.717) is 12.1 Å². The average molecular weight is 209 g/mol. The van der Waals surface area contributed by atoms with Crippen LogP contribution in [0.1, 0.15) is 45.2 Å². The van der Waals surface area contributed by atoms with Gasteiger partial charge in [0.1, 0.15) is 11.3 Å². The number of aromatic nitrogens is 3. The molecule has 1 aliphatic rings. The van der Waals surface area contributed by atoms with Crippen molar-refractivity contribution in [2.75, 3.05) is 0 Å². The molecular formula is C11H19N3O. The summed E-state index contributed by atoms with van der Waals surface area (Å²) in [5.41, 5.74) is -0.154. The molecule has 0 aliphatic heterocycles. The lowest BCUT2D eigenvalue weighted by atomic mass is 10.0. The topological polar surface area (TPSA) is 50.9 Å². The third kappa shape index (κ3) is 2.56. The van der Waals surface area contributed by atoms with Gasteiger partial charge < -0.3 is 5.11 Å². The van der Waals surface area contributed by atoms with Crippen LogP contribution in [-0.4, -0.2) is 20.1 Å². The van der Waals surface area contributed by atoms with E-state index in [2.05, 4.69) is 10.3 Å². The van der Waals surface area contributed by atoms with Crippen molar-refractivity contribution in [3.05, 3.63) is 11.9 Å². The van der Waals surface area contributed by atoms with Gasteiger partial charge >= 0.3 is 0 Å². The lowest BCUT2D eigenvalue weighted by Crippen LogP contribution is -2.20. The molecule has 1 N–H and O–H groups in total. The maximum atomic E-state index is 9.98. The van der Waals surface area contributed by atoms with Crippen molar-refractivity contribution in [2.45, 2.75) is 51.7 Å². The fourth-order valence-corrected chi connectivity index (χ4v) is 1.56. The van der Waals surface area contributed by atoms with Crippen molar-refractivity contribution in [1.29, 1.82) is 0 Å². The first kappa shape index (κ1) is 10.6. The first-order chi connectivity index (χ1) is 7.12. The Bertz CT molecular complexity index is 328. The third-order valence-electron chi connectivity index (χ3n) is 3.24. The molecule has 4 nitrogen and oxygen atoms in total.